The Labute approximate surface area is 108 Å². The first kappa shape index (κ1) is 16.9. The molecule has 0 fully saturated rings. The molecule has 0 bridgehead atoms. The zero-order valence-electron chi connectivity index (χ0n) is 11.5. The molecule has 5 heteroatoms. The maximum atomic E-state index is 11.3. The molecule has 5 nitrogen and oxygen atoms in total. The molecule has 0 saturated carbocycles. The number of unbranched alkanes of at least 4 members (excludes halogenated alkanes) is 1. The Bertz CT molecular complexity index is 255. The zero-order valence-corrected chi connectivity index (χ0v) is 11.5. The third kappa shape index (κ3) is 13.0. The van der Waals surface area contributed by atoms with Crippen molar-refractivity contribution < 1.29 is 24.2 Å². The molecule has 0 aliphatic heterocycles. The first-order valence-electron chi connectivity index (χ1n) is 6.32. The molecule has 1 N–H and O–H groups in total. The van der Waals surface area contributed by atoms with Gasteiger partial charge in [0.15, 0.2) is 0 Å². The van der Waals surface area contributed by atoms with Crippen LogP contribution in [0.25, 0.3) is 0 Å². The summed E-state index contributed by atoms with van der Waals surface area (Å²) in [4.78, 5) is 21.6. The van der Waals surface area contributed by atoms with Crippen molar-refractivity contribution in [3.63, 3.8) is 0 Å². The lowest BCUT2D eigenvalue weighted by molar-refractivity contribution is -0.155. The van der Waals surface area contributed by atoms with E-state index in [4.69, 9.17) is 14.6 Å². The van der Waals surface area contributed by atoms with Crippen LogP contribution >= 0.6 is 0 Å². The van der Waals surface area contributed by atoms with Gasteiger partial charge in [-0.3, -0.25) is 9.59 Å². The number of hydrogen-bond acceptors (Lipinski definition) is 4. The van der Waals surface area contributed by atoms with Crippen LogP contribution in [0.15, 0.2) is 0 Å². The van der Waals surface area contributed by atoms with E-state index in [1.165, 1.54) is 0 Å². The summed E-state index contributed by atoms with van der Waals surface area (Å²) in [6.45, 7) is 6.56. The predicted molar refractivity (Wildman–Crippen MR) is 67.4 cm³/mol. The van der Waals surface area contributed by atoms with Gasteiger partial charge in [-0.15, -0.1) is 0 Å². The Morgan fingerprint density at radius 3 is 2.17 bits per heavy atom. The molecule has 0 spiro atoms. The van der Waals surface area contributed by atoms with Crippen LogP contribution in [0.4, 0.5) is 0 Å². The molecule has 0 saturated heterocycles. The van der Waals surface area contributed by atoms with E-state index in [9.17, 15) is 9.59 Å². The highest BCUT2D eigenvalue weighted by Gasteiger charge is 2.15. The molecule has 0 heterocycles. The molecule has 0 aromatic carbocycles. The van der Waals surface area contributed by atoms with Gasteiger partial charge in [-0.2, -0.15) is 0 Å². The van der Waals surface area contributed by atoms with Crippen molar-refractivity contribution in [2.75, 3.05) is 13.2 Å². The molecule has 106 valence electrons. The van der Waals surface area contributed by atoms with Crippen molar-refractivity contribution in [1.29, 1.82) is 0 Å². The van der Waals surface area contributed by atoms with E-state index in [0.29, 0.717) is 32.5 Å². The second-order valence-electron chi connectivity index (χ2n) is 5.15. The molecule has 18 heavy (non-hydrogen) atoms. The topological polar surface area (TPSA) is 72.8 Å². The minimum atomic E-state index is -0.778. The third-order valence-corrected chi connectivity index (χ3v) is 2.02. The van der Waals surface area contributed by atoms with E-state index in [-0.39, 0.29) is 12.4 Å². The van der Waals surface area contributed by atoms with E-state index in [1.807, 2.05) is 20.8 Å². The highest BCUT2D eigenvalue weighted by molar-refractivity contribution is 5.69. The molecule has 0 amide bonds. The van der Waals surface area contributed by atoms with Gasteiger partial charge in [-0.1, -0.05) is 0 Å². The molecule has 0 radical (unpaired) electrons. The van der Waals surface area contributed by atoms with Crippen LogP contribution in [0.3, 0.4) is 0 Å². The summed E-state index contributed by atoms with van der Waals surface area (Å²) in [5, 5.41) is 8.42. The average Bonchev–Trinajstić information content (AvgIpc) is 2.18. The van der Waals surface area contributed by atoms with E-state index < -0.39 is 11.6 Å². The minimum Gasteiger partial charge on any atom is -0.481 e. The van der Waals surface area contributed by atoms with Crippen molar-refractivity contribution in [2.24, 2.45) is 0 Å². The Kier molecular flexibility index (Phi) is 8.37. The largest absolute Gasteiger partial charge is 0.481 e. The van der Waals surface area contributed by atoms with Gasteiger partial charge in [0.1, 0.15) is 5.60 Å². The fourth-order valence-electron chi connectivity index (χ4n) is 1.29. The predicted octanol–water partition coefficient (Wildman–Crippen LogP) is 2.38. The second-order valence-corrected chi connectivity index (χ2v) is 5.15. The van der Waals surface area contributed by atoms with Gasteiger partial charge >= 0.3 is 11.9 Å². The lowest BCUT2D eigenvalue weighted by Crippen LogP contribution is -2.23. The first-order chi connectivity index (χ1) is 8.31. The number of carbonyl (C=O) groups is 2. The minimum absolute atomic E-state index is 0.182. The van der Waals surface area contributed by atoms with Crippen molar-refractivity contribution in [3.05, 3.63) is 0 Å². The van der Waals surface area contributed by atoms with Gasteiger partial charge < -0.3 is 14.6 Å². The first-order valence-corrected chi connectivity index (χ1v) is 6.32. The summed E-state index contributed by atoms with van der Waals surface area (Å²) in [7, 11) is 0. The van der Waals surface area contributed by atoms with E-state index in [0.717, 1.165) is 6.42 Å². The normalized spacial score (nSPS) is 11.3. The number of hydrogen-bond donors (Lipinski definition) is 1. The molecular formula is C13H24O5. The van der Waals surface area contributed by atoms with Crippen molar-refractivity contribution in [2.45, 2.75) is 58.5 Å². The van der Waals surface area contributed by atoms with Gasteiger partial charge in [0, 0.05) is 26.1 Å². The number of aliphatic carboxylic acids is 1. The maximum Gasteiger partial charge on any atom is 0.306 e. The molecule has 0 rings (SSSR count). The van der Waals surface area contributed by atoms with Crippen LogP contribution in [0, 0.1) is 0 Å². The van der Waals surface area contributed by atoms with Crippen LogP contribution in [0.2, 0.25) is 0 Å². The number of rotatable bonds is 9. The fourth-order valence-corrected chi connectivity index (χ4v) is 1.29. The van der Waals surface area contributed by atoms with Gasteiger partial charge in [0.25, 0.3) is 0 Å². The Hall–Kier alpha value is -1.10. The van der Waals surface area contributed by atoms with Crippen LogP contribution in [0.5, 0.6) is 0 Å². The standard InChI is InChI=1S/C13H24O5/c1-13(2,3)18-12(16)8-6-10-17-9-5-4-7-11(14)15/h4-10H2,1-3H3,(H,14,15). The highest BCUT2D eigenvalue weighted by atomic mass is 16.6. The molecule has 0 aliphatic rings. The van der Waals surface area contributed by atoms with Crippen molar-refractivity contribution >= 4 is 11.9 Å². The Morgan fingerprint density at radius 2 is 1.61 bits per heavy atom. The average molecular weight is 260 g/mol. The lowest BCUT2D eigenvalue weighted by atomic mass is 10.2. The summed E-state index contributed by atoms with van der Waals surface area (Å²) >= 11 is 0. The van der Waals surface area contributed by atoms with E-state index in [1.54, 1.807) is 0 Å². The van der Waals surface area contributed by atoms with Crippen molar-refractivity contribution in [1.82, 2.24) is 0 Å². The lowest BCUT2D eigenvalue weighted by Gasteiger charge is -2.19. The summed E-state index contributed by atoms with van der Waals surface area (Å²) in [6, 6.07) is 0. The maximum absolute atomic E-state index is 11.3. The van der Waals surface area contributed by atoms with Gasteiger partial charge in [-0.05, 0) is 40.0 Å². The number of ether oxygens (including phenoxy) is 2. The van der Waals surface area contributed by atoms with Crippen LogP contribution in [-0.4, -0.2) is 35.9 Å². The highest BCUT2D eigenvalue weighted by Crippen LogP contribution is 2.09. The van der Waals surface area contributed by atoms with E-state index in [2.05, 4.69) is 0 Å². The molecule has 0 atom stereocenters. The van der Waals surface area contributed by atoms with Gasteiger partial charge in [-0.25, -0.2) is 0 Å². The van der Waals surface area contributed by atoms with Crippen LogP contribution < -0.4 is 0 Å². The summed E-state index contributed by atoms with van der Waals surface area (Å²) in [5.74, 6) is -0.989. The Balaban J connectivity index is 3.30. The summed E-state index contributed by atoms with van der Waals surface area (Å²) in [5.41, 5.74) is -0.436. The monoisotopic (exact) mass is 260 g/mol. The Morgan fingerprint density at radius 1 is 1.00 bits per heavy atom. The number of carboxylic acids is 1. The smallest absolute Gasteiger partial charge is 0.306 e. The summed E-state index contributed by atoms with van der Waals surface area (Å²) in [6.07, 6.45) is 2.53. The number of carbonyl (C=O) groups excluding carboxylic acids is 1. The van der Waals surface area contributed by atoms with Crippen molar-refractivity contribution in [3.8, 4) is 0 Å². The quantitative estimate of drug-likeness (QED) is 0.509. The molecule has 0 aromatic rings. The van der Waals surface area contributed by atoms with E-state index >= 15 is 0 Å². The van der Waals surface area contributed by atoms with Gasteiger partial charge in [0.2, 0.25) is 0 Å². The zero-order chi connectivity index (χ0) is 14.0. The molecular weight excluding hydrogens is 236 g/mol. The number of carboxylic acid groups (broad SMARTS) is 1. The molecule has 0 aliphatic carbocycles. The van der Waals surface area contributed by atoms with Crippen LogP contribution in [0.1, 0.15) is 52.9 Å². The summed E-state index contributed by atoms with van der Waals surface area (Å²) < 4.78 is 10.4. The third-order valence-electron chi connectivity index (χ3n) is 2.02. The fraction of sp³-hybridized carbons (Fsp3) is 0.846. The SMILES string of the molecule is CC(C)(C)OC(=O)CCCOCCCCC(=O)O. The van der Waals surface area contributed by atoms with Crippen LogP contribution in [-0.2, 0) is 19.1 Å². The molecule has 0 aromatic heterocycles. The van der Waals surface area contributed by atoms with Gasteiger partial charge in [0.05, 0.1) is 0 Å². The molecule has 0 unspecified atom stereocenters. The second kappa shape index (κ2) is 8.91. The number of esters is 1.